The smallest absolute Gasteiger partial charge is 0.280 e. The van der Waals surface area contributed by atoms with Gasteiger partial charge in [0.2, 0.25) is 5.03 Å². The normalized spacial score (nSPS) is 12.0. The van der Waals surface area contributed by atoms with Crippen LogP contribution in [0.2, 0.25) is 0 Å². The molecule has 1 aromatic rings. The van der Waals surface area contributed by atoms with E-state index in [1.807, 2.05) is 0 Å². The van der Waals surface area contributed by atoms with E-state index in [1.54, 1.807) is 0 Å². The number of alkyl halides is 2. The summed E-state index contributed by atoms with van der Waals surface area (Å²) in [5.74, 6) is -0.753. The van der Waals surface area contributed by atoms with Gasteiger partial charge in [-0.3, -0.25) is 0 Å². The zero-order chi connectivity index (χ0) is 10.9. The number of aromatic hydroxyl groups is 1. The van der Waals surface area contributed by atoms with Gasteiger partial charge in [0.25, 0.3) is 16.4 Å². The Morgan fingerprint density at radius 2 is 2.00 bits per heavy atom. The summed E-state index contributed by atoms with van der Waals surface area (Å²) in [5.41, 5.74) is -0.758. The van der Waals surface area contributed by atoms with E-state index in [0.29, 0.717) is 0 Å². The zero-order valence-electron chi connectivity index (χ0n) is 6.68. The Balaban J connectivity index is 3.37. The minimum atomic E-state index is -4.28. The average molecular weight is 224 g/mol. The molecule has 0 fully saturated rings. The zero-order valence-corrected chi connectivity index (χ0v) is 7.50. The predicted octanol–water partition coefficient (Wildman–Crippen LogP) is 0.372. The van der Waals surface area contributed by atoms with Gasteiger partial charge in [0.15, 0.2) is 5.75 Å². The minimum absolute atomic E-state index is 0.753. The summed E-state index contributed by atoms with van der Waals surface area (Å²) in [6, 6.07) is 1.61. The molecule has 0 aliphatic heterocycles. The van der Waals surface area contributed by atoms with E-state index in [1.165, 1.54) is 0 Å². The van der Waals surface area contributed by atoms with Crippen molar-refractivity contribution in [3.63, 3.8) is 0 Å². The minimum Gasteiger partial charge on any atom is -0.505 e. The Bertz CT molecular complexity index is 446. The maximum Gasteiger partial charge on any atom is 0.280 e. The van der Waals surface area contributed by atoms with Gasteiger partial charge in [0.05, 0.1) is 0 Å². The van der Waals surface area contributed by atoms with Gasteiger partial charge in [-0.25, -0.2) is 27.3 Å². The maximum atomic E-state index is 12.1. The number of hydrogen-bond donors (Lipinski definition) is 2. The molecule has 1 aromatic heterocycles. The van der Waals surface area contributed by atoms with Crippen LogP contribution in [0, 0.1) is 0 Å². The molecule has 0 saturated heterocycles. The highest BCUT2D eigenvalue weighted by Crippen LogP contribution is 2.23. The molecule has 1 heterocycles. The molecule has 0 unspecified atom stereocenters. The van der Waals surface area contributed by atoms with Crippen LogP contribution >= 0.6 is 0 Å². The molecule has 0 saturated carbocycles. The fourth-order valence-electron chi connectivity index (χ4n) is 0.778. The van der Waals surface area contributed by atoms with Crippen LogP contribution in [-0.2, 0) is 10.0 Å². The van der Waals surface area contributed by atoms with Gasteiger partial charge in [0.1, 0.15) is 5.69 Å². The first kappa shape index (κ1) is 10.8. The second kappa shape index (κ2) is 3.46. The summed E-state index contributed by atoms with van der Waals surface area (Å²) in [6.07, 6.45) is -2.92. The molecule has 1 rings (SSSR count). The lowest BCUT2D eigenvalue weighted by Gasteiger charge is -2.03. The summed E-state index contributed by atoms with van der Waals surface area (Å²) < 4.78 is 45.7. The molecular formula is C6H6F2N2O3S. The first-order valence-corrected chi connectivity index (χ1v) is 4.88. The van der Waals surface area contributed by atoms with Gasteiger partial charge in [-0.1, -0.05) is 0 Å². The van der Waals surface area contributed by atoms with Crippen LogP contribution in [0.25, 0.3) is 0 Å². The van der Waals surface area contributed by atoms with E-state index >= 15 is 0 Å². The number of nitrogens with two attached hydrogens (primary N) is 1. The molecule has 5 nitrogen and oxygen atoms in total. The summed E-state index contributed by atoms with van der Waals surface area (Å²) >= 11 is 0. The molecule has 0 aliphatic rings. The Labute approximate surface area is 78.2 Å². The summed E-state index contributed by atoms with van der Waals surface area (Å²) in [6.45, 7) is 0. The standard InChI is InChI=1S/C6H6F2N2O3S/c7-5(8)3-1-2-4(11)6(10-3)14(9,12)13/h1-2,5,11H,(H2,9,12,13). The monoisotopic (exact) mass is 224 g/mol. The third kappa shape index (κ3) is 2.15. The highest BCUT2D eigenvalue weighted by Gasteiger charge is 2.19. The molecule has 78 valence electrons. The van der Waals surface area contributed by atoms with Crippen LogP contribution in [-0.4, -0.2) is 18.5 Å². The number of rotatable bonds is 2. The highest BCUT2D eigenvalue weighted by atomic mass is 32.2. The average Bonchev–Trinajstić information content (AvgIpc) is 2.02. The van der Waals surface area contributed by atoms with Crippen molar-refractivity contribution in [3.8, 4) is 5.75 Å². The fourth-order valence-corrected chi connectivity index (χ4v) is 1.37. The van der Waals surface area contributed by atoms with Gasteiger partial charge in [-0.15, -0.1) is 0 Å². The van der Waals surface area contributed by atoms with Gasteiger partial charge in [0, 0.05) is 0 Å². The topological polar surface area (TPSA) is 93.3 Å². The molecule has 0 radical (unpaired) electrons. The lowest BCUT2D eigenvalue weighted by atomic mass is 10.3. The fraction of sp³-hybridized carbons (Fsp3) is 0.167. The Morgan fingerprint density at radius 1 is 1.43 bits per heavy atom. The molecule has 14 heavy (non-hydrogen) atoms. The second-order valence-corrected chi connectivity index (χ2v) is 3.88. The molecule has 0 atom stereocenters. The van der Waals surface area contributed by atoms with E-state index in [9.17, 15) is 17.2 Å². The van der Waals surface area contributed by atoms with Crippen molar-refractivity contribution in [2.45, 2.75) is 11.5 Å². The summed E-state index contributed by atoms with van der Waals surface area (Å²) in [7, 11) is -4.28. The third-order valence-electron chi connectivity index (χ3n) is 1.35. The van der Waals surface area contributed by atoms with Crippen LogP contribution in [0.15, 0.2) is 17.2 Å². The molecule has 3 N–H and O–H groups in total. The van der Waals surface area contributed by atoms with E-state index in [0.717, 1.165) is 12.1 Å². The van der Waals surface area contributed by atoms with Crippen molar-refractivity contribution in [2.24, 2.45) is 5.14 Å². The van der Waals surface area contributed by atoms with Gasteiger partial charge < -0.3 is 5.11 Å². The molecule has 0 amide bonds. The van der Waals surface area contributed by atoms with Crippen molar-refractivity contribution >= 4 is 10.0 Å². The van der Waals surface area contributed by atoms with E-state index in [2.05, 4.69) is 10.1 Å². The first-order valence-electron chi connectivity index (χ1n) is 3.33. The Kier molecular flexibility index (Phi) is 2.67. The van der Waals surface area contributed by atoms with Crippen LogP contribution < -0.4 is 5.14 Å². The van der Waals surface area contributed by atoms with Crippen molar-refractivity contribution in [2.75, 3.05) is 0 Å². The molecule has 0 spiro atoms. The van der Waals surface area contributed by atoms with Crippen molar-refractivity contribution < 1.29 is 22.3 Å². The molecule has 0 aromatic carbocycles. The number of sulfonamides is 1. The van der Waals surface area contributed by atoms with Gasteiger partial charge >= 0.3 is 0 Å². The van der Waals surface area contributed by atoms with Crippen molar-refractivity contribution in [1.82, 2.24) is 4.98 Å². The van der Waals surface area contributed by atoms with E-state index in [-0.39, 0.29) is 0 Å². The number of halogens is 2. The number of primary sulfonamides is 1. The highest BCUT2D eigenvalue weighted by molar-refractivity contribution is 7.89. The Hall–Kier alpha value is -1.28. The largest absolute Gasteiger partial charge is 0.505 e. The molecular weight excluding hydrogens is 218 g/mol. The molecule has 8 heteroatoms. The van der Waals surface area contributed by atoms with Crippen LogP contribution in [0.5, 0.6) is 5.75 Å². The second-order valence-electron chi connectivity index (χ2n) is 2.41. The van der Waals surface area contributed by atoms with Gasteiger partial charge in [-0.05, 0) is 12.1 Å². The predicted molar refractivity (Wildman–Crippen MR) is 42.2 cm³/mol. The third-order valence-corrected chi connectivity index (χ3v) is 2.19. The van der Waals surface area contributed by atoms with Crippen LogP contribution in [0.4, 0.5) is 8.78 Å². The Morgan fingerprint density at radius 3 is 2.43 bits per heavy atom. The van der Waals surface area contributed by atoms with Gasteiger partial charge in [-0.2, -0.15) is 0 Å². The lowest BCUT2D eigenvalue weighted by molar-refractivity contribution is 0.145. The van der Waals surface area contributed by atoms with E-state index < -0.39 is 32.9 Å². The number of pyridine rings is 1. The molecule has 0 aliphatic carbocycles. The van der Waals surface area contributed by atoms with Crippen LogP contribution in [0.3, 0.4) is 0 Å². The van der Waals surface area contributed by atoms with Crippen molar-refractivity contribution in [3.05, 3.63) is 17.8 Å². The first-order chi connectivity index (χ1) is 6.32. The molecule has 0 bridgehead atoms. The number of aromatic nitrogens is 1. The summed E-state index contributed by atoms with van der Waals surface area (Å²) in [5, 5.41) is 12.7. The van der Waals surface area contributed by atoms with Crippen molar-refractivity contribution in [1.29, 1.82) is 0 Å². The summed E-state index contributed by atoms with van der Waals surface area (Å²) in [4.78, 5) is 3.03. The lowest BCUT2D eigenvalue weighted by Crippen LogP contribution is -2.15. The number of hydrogen-bond acceptors (Lipinski definition) is 4. The SMILES string of the molecule is NS(=O)(=O)c1nc(C(F)F)ccc1O. The van der Waals surface area contributed by atoms with Crippen LogP contribution in [0.1, 0.15) is 12.1 Å². The van der Waals surface area contributed by atoms with E-state index in [4.69, 9.17) is 5.11 Å². The maximum absolute atomic E-state index is 12.1. The quantitative estimate of drug-likeness (QED) is 0.759. The number of nitrogens with zero attached hydrogens (tertiary/aromatic N) is 1.